The van der Waals surface area contributed by atoms with Crippen LogP contribution in [-0.2, 0) is 14.8 Å². The van der Waals surface area contributed by atoms with Crippen molar-refractivity contribution in [2.24, 2.45) is 0 Å². The van der Waals surface area contributed by atoms with Crippen molar-refractivity contribution in [3.05, 3.63) is 35.9 Å². The van der Waals surface area contributed by atoms with Gasteiger partial charge in [0.2, 0.25) is 15.9 Å². The topological polar surface area (TPSA) is 66.5 Å². The Hall–Kier alpha value is -1.66. The van der Waals surface area contributed by atoms with Gasteiger partial charge >= 0.3 is 0 Å². The van der Waals surface area contributed by atoms with Gasteiger partial charge in [0.25, 0.3) is 0 Å². The minimum Gasteiger partial charge on any atom is -0.322 e. The first kappa shape index (κ1) is 15.4. The van der Waals surface area contributed by atoms with Crippen molar-refractivity contribution in [1.82, 2.24) is 4.31 Å². The zero-order chi connectivity index (χ0) is 14.6. The van der Waals surface area contributed by atoms with E-state index in [2.05, 4.69) is 5.32 Å². The van der Waals surface area contributed by atoms with Crippen molar-refractivity contribution in [3.8, 4) is 0 Å². The number of hydrogen-bond acceptors (Lipinski definition) is 3. The zero-order valence-electron chi connectivity index (χ0n) is 11.5. The summed E-state index contributed by atoms with van der Waals surface area (Å²) in [6, 6.07) is 4.80. The Labute approximate surface area is 114 Å². The van der Waals surface area contributed by atoms with Crippen molar-refractivity contribution in [2.75, 3.05) is 19.4 Å². The molecule has 5 nitrogen and oxygen atoms in total. The summed E-state index contributed by atoms with van der Waals surface area (Å²) < 4.78 is 25.4. The summed E-state index contributed by atoms with van der Waals surface area (Å²) >= 11 is 0. The van der Waals surface area contributed by atoms with Crippen molar-refractivity contribution < 1.29 is 13.2 Å². The second-order valence-electron chi connectivity index (χ2n) is 4.26. The predicted molar refractivity (Wildman–Crippen MR) is 75.5 cm³/mol. The van der Waals surface area contributed by atoms with E-state index in [1.54, 1.807) is 32.1 Å². The highest BCUT2D eigenvalue weighted by atomic mass is 32.2. The molecule has 0 aliphatic rings. The van der Waals surface area contributed by atoms with Gasteiger partial charge in [-0.15, -0.1) is 0 Å². The first-order chi connectivity index (χ1) is 8.78. The quantitative estimate of drug-likeness (QED) is 0.856. The van der Waals surface area contributed by atoms with Crippen LogP contribution in [0.1, 0.15) is 12.5 Å². The average molecular weight is 282 g/mol. The minimum atomic E-state index is -3.51. The van der Waals surface area contributed by atoms with Gasteiger partial charge in [0.05, 0.1) is 4.90 Å². The number of allylic oxidation sites excluding steroid dienone is 1. The highest BCUT2D eigenvalue weighted by molar-refractivity contribution is 7.89. The number of aryl methyl sites for hydroxylation is 1. The first-order valence-corrected chi connectivity index (χ1v) is 7.20. The van der Waals surface area contributed by atoms with Gasteiger partial charge in [0.1, 0.15) is 0 Å². The summed E-state index contributed by atoms with van der Waals surface area (Å²) in [5, 5.41) is 2.61. The summed E-state index contributed by atoms with van der Waals surface area (Å²) in [7, 11) is -0.570. The molecule has 0 bridgehead atoms. The van der Waals surface area contributed by atoms with E-state index < -0.39 is 10.0 Å². The van der Waals surface area contributed by atoms with Crippen LogP contribution in [0.3, 0.4) is 0 Å². The molecule has 1 rings (SSSR count). The third-order valence-corrected chi connectivity index (χ3v) is 4.49. The molecule has 0 saturated heterocycles. The summed E-state index contributed by atoms with van der Waals surface area (Å²) in [5.41, 5.74) is 1.09. The lowest BCUT2D eigenvalue weighted by Gasteiger charge is -2.14. The van der Waals surface area contributed by atoms with Gasteiger partial charge < -0.3 is 5.32 Å². The summed E-state index contributed by atoms with van der Waals surface area (Å²) in [5.74, 6) is -0.292. The van der Waals surface area contributed by atoms with Crippen LogP contribution in [0.5, 0.6) is 0 Å². The van der Waals surface area contributed by atoms with E-state index in [0.717, 1.165) is 4.31 Å². The molecule has 0 fully saturated rings. The molecule has 1 aromatic rings. The predicted octanol–water partition coefficient (Wildman–Crippen LogP) is 1.76. The van der Waals surface area contributed by atoms with Crippen LogP contribution in [-0.4, -0.2) is 32.7 Å². The molecule has 0 aromatic heterocycles. The number of rotatable bonds is 4. The van der Waals surface area contributed by atoms with Gasteiger partial charge in [-0.05, 0) is 37.6 Å². The molecule has 0 spiro atoms. The van der Waals surface area contributed by atoms with Crippen LogP contribution in [0.4, 0.5) is 5.69 Å². The molecule has 0 radical (unpaired) electrons. The highest BCUT2D eigenvalue weighted by Crippen LogP contribution is 2.22. The van der Waals surface area contributed by atoms with Gasteiger partial charge in [0.15, 0.2) is 0 Å². The van der Waals surface area contributed by atoms with Crippen LogP contribution < -0.4 is 5.32 Å². The molecule has 0 unspecified atom stereocenters. The van der Waals surface area contributed by atoms with E-state index >= 15 is 0 Å². The summed E-state index contributed by atoms with van der Waals surface area (Å²) in [4.78, 5) is 11.6. The molecule has 1 amide bonds. The molecule has 6 heteroatoms. The van der Waals surface area contributed by atoms with Crippen LogP contribution in [0.2, 0.25) is 0 Å². The van der Waals surface area contributed by atoms with Gasteiger partial charge in [-0.1, -0.05) is 12.1 Å². The molecule has 0 aliphatic heterocycles. The number of nitrogens with one attached hydrogen (secondary N) is 1. The maximum absolute atomic E-state index is 12.1. The van der Waals surface area contributed by atoms with Crippen LogP contribution in [0, 0.1) is 6.92 Å². The number of anilines is 1. The molecule has 0 atom stereocenters. The average Bonchev–Trinajstić information content (AvgIpc) is 2.31. The van der Waals surface area contributed by atoms with E-state index in [1.807, 2.05) is 0 Å². The molecular formula is C13H18N2O3S. The van der Waals surface area contributed by atoms with Crippen molar-refractivity contribution >= 4 is 21.6 Å². The van der Waals surface area contributed by atoms with E-state index in [4.69, 9.17) is 0 Å². The lowest BCUT2D eigenvalue weighted by molar-refractivity contribution is -0.111. The number of carbonyl (C=O) groups is 1. The summed E-state index contributed by atoms with van der Waals surface area (Å²) in [6.45, 7) is 3.45. The number of sulfonamides is 1. The fraction of sp³-hybridized carbons (Fsp3) is 0.308. The number of benzene rings is 1. The third-order valence-electron chi connectivity index (χ3n) is 2.53. The number of hydrogen-bond donors (Lipinski definition) is 1. The fourth-order valence-corrected chi connectivity index (χ4v) is 2.63. The second kappa shape index (κ2) is 5.99. The summed E-state index contributed by atoms with van der Waals surface area (Å²) in [6.07, 6.45) is 2.99. The van der Waals surface area contributed by atoms with Crippen LogP contribution >= 0.6 is 0 Å². The second-order valence-corrected chi connectivity index (χ2v) is 6.38. The molecule has 19 heavy (non-hydrogen) atoms. The lowest BCUT2D eigenvalue weighted by atomic mass is 10.2. The Morgan fingerprint density at radius 1 is 1.32 bits per heavy atom. The zero-order valence-corrected chi connectivity index (χ0v) is 12.3. The number of amides is 1. The van der Waals surface area contributed by atoms with Crippen LogP contribution in [0.25, 0.3) is 0 Å². The number of nitrogens with zero attached hydrogens (tertiary/aromatic N) is 1. The molecule has 1 aromatic carbocycles. The van der Waals surface area contributed by atoms with E-state index in [1.165, 1.54) is 26.2 Å². The Kier molecular flexibility index (Phi) is 4.85. The van der Waals surface area contributed by atoms with Gasteiger partial charge in [-0.2, -0.15) is 0 Å². The van der Waals surface area contributed by atoms with Crippen molar-refractivity contribution in [3.63, 3.8) is 0 Å². The molecule has 104 valence electrons. The minimum absolute atomic E-state index is 0.191. The monoisotopic (exact) mass is 282 g/mol. The normalized spacial score (nSPS) is 12.1. The standard InChI is InChI=1S/C13H18N2O3S/c1-5-6-13(16)14-11-8-7-10(2)12(9-11)19(17,18)15(3)4/h5-9H,1-4H3,(H,14,16)/b6-5+. The molecule has 0 aliphatic carbocycles. The van der Waals surface area contributed by atoms with Gasteiger partial charge in [-0.3, -0.25) is 4.79 Å². The SMILES string of the molecule is C/C=C/C(=O)Nc1ccc(C)c(S(=O)(=O)N(C)C)c1. The molecular weight excluding hydrogens is 264 g/mol. The lowest BCUT2D eigenvalue weighted by Crippen LogP contribution is -2.23. The molecule has 1 N–H and O–H groups in total. The Balaban J connectivity index is 3.19. The van der Waals surface area contributed by atoms with Gasteiger partial charge in [-0.25, -0.2) is 12.7 Å². The van der Waals surface area contributed by atoms with Crippen LogP contribution in [0.15, 0.2) is 35.2 Å². The fourth-order valence-electron chi connectivity index (χ4n) is 1.49. The highest BCUT2D eigenvalue weighted by Gasteiger charge is 2.20. The Morgan fingerprint density at radius 2 is 1.95 bits per heavy atom. The third kappa shape index (κ3) is 3.65. The largest absolute Gasteiger partial charge is 0.322 e. The van der Waals surface area contributed by atoms with E-state index in [9.17, 15) is 13.2 Å². The molecule has 0 heterocycles. The maximum Gasteiger partial charge on any atom is 0.248 e. The Bertz CT molecular complexity index is 604. The van der Waals surface area contributed by atoms with E-state index in [-0.39, 0.29) is 10.8 Å². The van der Waals surface area contributed by atoms with Gasteiger partial charge in [0, 0.05) is 19.8 Å². The van der Waals surface area contributed by atoms with E-state index in [0.29, 0.717) is 11.3 Å². The molecule has 0 saturated carbocycles. The maximum atomic E-state index is 12.1. The van der Waals surface area contributed by atoms with Crippen molar-refractivity contribution in [1.29, 1.82) is 0 Å². The van der Waals surface area contributed by atoms with Crippen molar-refractivity contribution in [2.45, 2.75) is 18.7 Å². The number of carbonyl (C=O) groups excluding carboxylic acids is 1. The Morgan fingerprint density at radius 3 is 2.47 bits per heavy atom. The first-order valence-electron chi connectivity index (χ1n) is 5.76. The smallest absolute Gasteiger partial charge is 0.248 e.